The van der Waals surface area contributed by atoms with Crippen LogP contribution in [0.25, 0.3) is 0 Å². The van der Waals surface area contributed by atoms with E-state index in [1.165, 1.54) is 6.07 Å². The van der Waals surface area contributed by atoms with Crippen LogP contribution in [-0.2, 0) is 6.54 Å². The summed E-state index contributed by atoms with van der Waals surface area (Å²) in [6.07, 6.45) is 0. The van der Waals surface area contributed by atoms with Crippen molar-refractivity contribution < 1.29 is 9.50 Å². The number of aromatic hydroxyl groups is 1. The fourth-order valence-electron chi connectivity index (χ4n) is 1.82. The van der Waals surface area contributed by atoms with Crippen LogP contribution < -0.4 is 5.32 Å². The van der Waals surface area contributed by atoms with Gasteiger partial charge >= 0.3 is 0 Å². The molecule has 0 radical (unpaired) electrons. The van der Waals surface area contributed by atoms with E-state index in [0.717, 1.165) is 26.2 Å². The number of phenols is 1. The Morgan fingerprint density at radius 3 is 2.75 bits per heavy atom. The van der Waals surface area contributed by atoms with Crippen molar-refractivity contribution in [2.45, 2.75) is 6.54 Å². The fraction of sp³-hybridized carbons (Fsp3) is 0.455. The van der Waals surface area contributed by atoms with Crippen LogP contribution in [0.2, 0.25) is 0 Å². The summed E-state index contributed by atoms with van der Waals surface area (Å²) in [6, 6.07) is 3.04. The first-order valence-corrected chi connectivity index (χ1v) is 6.06. The van der Waals surface area contributed by atoms with E-state index < -0.39 is 5.82 Å². The standard InChI is InChI=1S/C11H14BrFN2O/c12-9-1-2-10(16)11(13)8(9)7-15-5-3-14-4-6-15/h1-2,14,16H,3-7H2. The number of halogens is 2. The molecule has 1 aromatic rings. The Morgan fingerprint density at radius 2 is 2.06 bits per heavy atom. The second-order valence-electron chi connectivity index (χ2n) is 3.89. The molecule has 0 unspecified atom stereocenters. The Kier molecular flexibility index (Phi) is 3.78. The molecule has 1 aromatic carbocycles. The lowest BCUT2D eigenvalue weighted by molar-refractivity contribution is 0.229. The van der Waals surface area contributed by atoms with E-state index in [0.29, 0.717) is 16.6 Å². The minimum atomic E-state index is -0.520. The second kappa shape index (κ2) is 5.12. The Bertz CT molecular complexity index is 380. The van der Waals surface area contributed by atoms with Gasteiger partial charge in [-0.3, -0.25) is 4.90 Å². The third-order valence-corrected chi connectivity index (χ3v) is 3.50. The number of piperazine rings is 1. The van der Waals surface area contributed by atoms with E-state index in [-0.39, 0.29) is 5.75 Å². The highest BCUT2D eigenvalue weighted by molar-refractivity contribution is 9.10. The maximum atomic E-state index is 13.7. The summed E-state index contributed by atoms with van der Waals surface area (Å²) in [4.78, 5) is 2.17. The molecule has 88 valence electrons. The number of nitrogens with one attached hydrogen (secondary N) is 1. The zero-order chi connectivity index (χ0) is 11.5. The highest BCUT2D eigenvalue weighted by Gasteiger charge is 2.16. The van der Waals surface area contributed by atoms with Gasteiger partial charge in [0.1, 0.15) is 0 Å². The lowest BCUT2D eigenvalue weighted by Gasteiger charge is -2.27. The van der Waals surface area contributed by atoms with Crippen LogP contribution >= 0.6 is 15.9 Å². The van der Waals surface area contributed by atoms with E-state index in [9.17, 15) is 9.50 Å². The SMILES string of the molecule is Oc1ccc(Br)c(CN2CCNCC2)c1F. The molecular weight excluding hydrogens is 275 g/mol. The molecule has 0 atom stereocenters. The van der Waals surface area contributed by atoms with Crippen LogP contribution in [-0.4, -0.2) is 36.2 Å². The average Bonchev–Trinajstić information content (AvgIpc) is 2.31. The van der Waals surface area contributed by atoms with Crippen molar-refractivity contribution in [2.75, 3.05) is 26.2 Å². The first-order chi connectivity index (χ1) is 7.68. The minimum Gasteiger partial charge on any atom is -0.505 e. The van der Waals surface area contributed by atoms with Crippen LogP contribution in [0.15, 0.2) is 16.6 Å². The second-order valence-corrected chi connectivity index (χ2v) is 4.74. The molecule has 0 aromatic heterocycles. The van der Waals surface area contributed by atoms with Crippen LogP contribution in [0.3, 0.4) is 0 Å². The molecule has 1 aliphatic rings. The molecule has 3 nitrogen and oxygen atoms in total. The number of phenolic OH excluding ortho intramolecular Hbond substituents is 1. The zero-order valence-electron chi connectivity index (χ0n) is 8.84. The van der Waals surface area contributed by atoms with Gasteiger partial charge in [-0.25, -0.2) is 4.39 Å². The molecule has 0 aliphatic carbocycles. The van der Waals surface area contributed by atoms with E-state index in [4.69, 9.17) is 0 Å². The van der Waals surface area contributed by atoms with Crippen LogP contribution in [0.5, 0.6) is 5.75 Å². The molecule has 1 aliphatic heterocycles. The molecule has 0 spiro atoms. The molecule has 1 saturated heterocycles. The largest absolute Gasteiger partial charge is 0.505 e. The van der Waals surface area contributed by atoms with Crippen LogP contribution in [0.4, 0.5) is 4.39 Å². The maximum Gasteiger partial charge on any atom is 0.170 e. The first-order valence-electron chi connectivity index (χ1n) is 5.27. The number of hydrogen-bond acceptors (Lipinski definition) is 3. The average molecular weight is 289 g/mol. The molecule has 0 saturated carbocycles. The predicted molar refractivity (Wildman–Crippen MR) is 63.9 cm³/mol. The van der Waals surface area contributed by atoms with Crippen molar-refractivity contribution in [3.8, 4) is 5.75 Å². The number of rotatable bonds is 2. The lowest BCUT2D eigenvalue weighted by atomic mass is 10.1. The van der Waals surface area contributed by atoms with Gasteiger partial charge < -0.3 is 10.4 Å². The lowest BCUT2D eigenvalue weighted by Crippen LogP contribution is -2.43. The van der Waals surface area contributed by atoms with Gasteiger partial charge in [-0.1, -0.05) is 15.9 Å². The summed E-state index contributed by atoms with van der Waals surface area (Å²) < 4.78 is 14.4. The summed E-state index contributed by atoms with van der Waals surface area (Å²) in [6.45, 7) is 4.20. The summed E-state index contributed by atoms with van der Waals surface area (Å²) in [5.41, 5.74) is 0.530. The molecule has 2 N–H and O–H groups in total. The van der Waals surface area contributed by atoms with E-state index >= 15 is 0 Å². The summed E-state index contributed by atoms with van der Waals surface area (Å²) in [5, 5.41) is 12.6. The van der Waals surface area contributed by atoms with Crippen molar-refractivity contribution in [2.24, 2.45) is 0 Å². The molecule has 1 heterocycles. The summed E-state index contributed by atoms with van der Waals surface area (Å²) >= 11 is 3.31. The Hall–Kier alpha value is -0.650. The monoisotopic (exact) mass is 288 g/mol. The quantitative estimate of drug-likeness (QED) is 0.870. The number of hydrogen-bond donors (Lipinski definition) is 2. The molecule has 1 fully saturated rings. The van der Waals surface area contributed by atoms with Crippen molar-refractivity contribution in [1.29, 1.82) is 0 Å². The summed E-state index contributed by atoms with van der Waals surface area (Å²) in [5.74, 6) is -0.804. The van der Waals surface area contributed by atoms with E-state index in [1.54, 1.807) is 6.07 Å². The van der Waals surface area contributed by atoms with E-state index in [2.05, 4.69) is 26.1 Å². The molecular formula is C11H14BrFN2O. The van der Waals surface area contributed by atoms with E-state index in [1.807, 2.05) is 0 Å². The van der Waals surface area contributed by atoms with Gasteiger partial charge in [0.25, 0.3) is 0 Å². The Balaban J connectivity index is 2.16. The van der Waals surface area contributed by atoms with Gasteiger partial charge in [0.2, 0.25) is 0 Å². The van der Waals surface area contributed by atoms with Crippen molar-refractivity contribution in [3.63, 3.8) is 0 Å². The van der Waals surface area contributed by atoms with Gasteiger partial charge in [0, 0.05) is 42.8 Å². The maximum absolute atomic E-state index is 13.7. The third-order valence-electron chi connectivity index (χ3n) is 2.76. The van der Waals surface area contributed by atoms with Gasteiger partial charge in [0.05, 0.1) is 0 Å². The van der Waals surface area contributed by atoms with Crippen molar-refractivity contribution in [1.82, 2.24) is 10.2 Å². The Morgan fingerprint density at radius 1 is 1.38 bits per heavy atom. The zero-order valence-corrected chi connectivity index (χ0v) is 10.4. The topological polar surface area (TPSA) is 35.5 Å². The molecule has 0 bridgehead atoms. The number of benzene rings is 1. The number of nitrogens with zero attached hydrogens (tertiary/aromatic N) is 1. The van der Waals surface area contributed by atoms with Gasteiger partial charge in [-0.2, -0.15) is 0 Å². The first kappa shape index (κ1) is 11.8. The molecule has 5 heteroatoms. The third kappa shape index (κ3) is 2.53. The van der Waals surface area contributed by atoms with Crippen LogP contribution in [0, 0.1) is 5.82 Å². The van der Waals surface area contributed by atoms with Gasteiger partial charge in [-0.15, -0.1) is 0 Å². The molecule has 16 heavy (non-hydrogen) atoms. The van der Waals surface area contributed by atoms with Gasteiger partial charge in [-0.05, 0) is 12.1 Å². The normalized spacial score (nSPS) is 17.6. The highest BCUT2D eigenvalue weighted by Crippen LogP contribution is 2.27. The molecule has 2 rings (SSSR count). The highest BCUT2D eigenvalue weighted by atomic mass is 79.9. The fourth-order valence-corrected chi connectivity index (χ4v) is 2.25. The Labute approximate surface area is 102 Å². The minimum absolute atomic E-state index is 0.284. The van der Waals surface area contributed by atoms with Crippen LogP contribution in [0.1, 0.15) is 5.56 Å². The molecule has 0 amide bonds. The summed E-state index contributed by atoms with van der Waals surface area (Å²) in [7, 11) is 0. The van der Waals surface area contributed by atoms with Crippen molar-refractivity contribution in [3.05, 3.63) is 28.0 Å². The smallest absolute Gasteiger partial charge is 0.170 e. The van der Waals surface area contributed by atoms with Gasteiger partial charge in [0.15, 0.2) is 11.6 Å². The van der Waals surface area contributed by atoms with Crippen molar-refractivity contribution >= 4 is 15.9 Å². The predicted octanol–water partition coefficient (Wildman–Crippen LogP) is 1.70.